The van der Waals surface area contributed by atoms with E-state index in [4.69, 9.17) is 0 Å². The molecule has 27 heavy (non-hydrogen) atoms. The maximum absolute atomic E-state index is 12.1. The summed E-state index contributed by atoms with van der Waals surface area (Å²) in [5.74, 6) is 0.444. The van der Waals surface area contributed by atoms with Crippen LogP contribution in [0, 0.1) is 5.92 Å². The van der Waals surface area contributed by atoms with E-state index < -0.39 is 30.4 Å². The minimum Gasteiger partial charge on any atom is -0.390 e. The molecular weight excluding hydrogens is 391 g/mol. The molecule has 5 nitrogen and oxygen atoms in total. The Labute approximate surface area is 166 Å². The van der Waals surface area contributed by atoms with E-state index in [-0.39, 0.29) is 16.1 Å². The van der Waals surface area contributed by atoms with Gasteiger partial charge in [0, 0.05) is 0 Å². The molecule has 2 fully saturated rings. The van der Waals surface area contributed by atoms with E-state index >= 15 is 0 Å². The van der Waals surface area contributed by atoms with Crippen molar-refractivity contribution in [3.63, 3.8) is 0 Å². The SMILES string of the molecule is CC(C)C1(O)CCCC1.CC(C)S(=O)(=O)C(C)F.CC(C)S(=O)(=O)C1CC1. The first-order chi connectivity index (χ1) is 12.1. The molecule has 164 valence electrons. The Balaban J connectivity index is 0.000000376. The third kappa shape index (κ3) is 8.36. The van der Waals surface area contributed by atoms with Gasteiger partial charge in [0.05, 0.1) is 21.4 Å². The minimum atomic E-state index is -3.48. The van der Waals surface area contributed by atoms with Crippen molar-refractivity contribution in [1.82, 2.24) is 0 Å². The highest BCUT2D eigenvalue weighted by Gasteiger charge is 2.37. The Kier molecular flexibility index (Phi) is 10.5. The van der Waals surface area contributed by atoms with E-state index in [0.717, 1.165) is 32.6 Å². The zero-order valence-electron chi connectivity index (χ0n) is 17.9. The van der Waals surface area contributed by atoms with Crippen LogP contribution in [0.25, 0.3) is 0 Å². The van der Waals surface area contributed by atoms with Gasteiger partial charge >= 0.3 is 0 Å². The molecule has 2 aliphatic rings. The van der Waals surface area contributed by atoms with Gasteiger partial charge in [0.25, 0.3) is 0 Å². The summed E-state index contributed by atoms with van der Waals surface area (Å²) in [4.78, 5) is 0. The van der Waals surface area contributed by atoms with Crippen LogP contribution in [0.2, 0.25) is 0 Å². The molecule has 0 amide bonds. The fraction of sp³-hybridized carbons (Fsp3) is 1.00. The van der Waals surface area contributed by atoms with E-state index in [1.165, 1.54) is 26.7 Å². The van der Waals surface area contributed by atoms with Crippen molar-refractivity contribution < 1.29 is 26.3 Å². The summed E-state index contributed by atoms with van der Waals surface area (Å²) in [7, 11) is -6.19. The molecule has 0 radical (unpaired) electrons. The summed E-state index contributed by atoms with van der Waals surface area (Å²) < 4.78 is 55.6. The Morgan fingerprint density at radius 3 is 1.37 bits per heavy atom. The second-order valence-corrected chi connectivity index (χ2v) is 14.0. The lowest BCUT2D eigenvalue weighted by molar-refractivity contribution is 0.00205. The lowest BCUT2D eigenvalue weighted by Crippen LogP contribution is -2.30. The van der Waals surface area contributed by atoms with E-state index in [2.05, 4.69) is 13.8 Å². The molecular formula is C19H39FO5S2. The van der Waals surface area contributed by atoms with Crippen molar-refractivity contribution in [3.8, 4) is 0 Å². The summed E-state index contributed by atoms with van der Waals surface area (Å²) in [5.41, 5.74) is -2.04. The molecule has 0 aromatic heterocycles. The number of hydrogen-bond donors (Lipinski definition) is 1. The van der Waals surface area contributed by atoms with Crippen LogP contribution in [-0.4, -0.2) is 48.8 Å². The number of aliphatic hydroxyl groups is 1. The third-order valence-corrected chi connectivity index (χ3v) is 10.2. The van der Waals surface area contributed by atoms with Crippen molar-refractivity contribution in [2.75, 3.05) is 0 Å². The lowest BCUT2D eigenvalue weighted by atomic mass is 9.89. The highest BCUT2D eigenvalue weighted by molar-refractivity contribution is 7.93. The molecule has 2 rings (SSSR count). The highest BCUT2D eigenvalue weighted by Crippen LogP contribution is 2.35. The molecule has 0 spiro atoms. The second kappa shape index (κ2) is 10.5. The number of halogens is 1. The summed E-state index contributed by atoms with van der Waals surface area (Å²) in [6.45, 7) is 11.7. The van der Waals surface area contributed by atoms with Gasteiger partial charge < -0.3 is 5.11 Å². The molecule has 0 aromatic carbocycles. The van der Waals surface area contributed by atoms with E-state index in [0.29, 0.717) is 5.92 Å². The maximum Gasteiger partial charge on any atom is 0.198 e. The molecule has 0 heterocycles. The largest absolute Gasteiger partial charge is 0.390 e. The van der Waals surface area contributed by atoms with Crippen molar-refractivity contribution in [1.29, 1.82) is 0 Å². The summed E-state index contributed by atoms with van der Waals surface area (Å²) >= 11 is 0. The standard InChI is InChI=1S/C8H16O.C6H12O2S.C5H11FO2S/c1-7(2)8(9)5-3-4-6-8;1-5(2)9(7,8)6-3-4-6;1-4(2)9(7,8)5(3)6/h7,9H,3-6H2,1-2H3;5-6H,3-4H2,1-2H3;4-5H,1-3H3. The highest BCUT2D eigenvalue weighted by atomic mass is 32.2. The molecule has 0 bridgehead atoms. The number of sulfone groups is 2. The van der Waals surface area contributed by atoms with Gasteiger partial charge in [-0.25, -0.2) is 21.2 Å². The Morgan fingerprint density at radius 2 is 1.26 bits per heavy atom. The average Bonchev–Trinajstić information content (AvgIpc) is 3.30. The monoisotopic (exact) mass is 430 g/mol. The van der Waals surface area contributed by atoms with E-state index in [1.807, 2.05) is 0 Å². The van der Waals surface area contributed by atoms with E-state index in [1.54, 1.807) is 13.8 Å². The van der Waals surface area contributed by atoms with Gasteiger partial charge in [-0.15, -0.1) is 0 Å². The Morgan fingerprint density at radius 1 is 0.852 bits per heavy atom. The van der Waals surface area contributed by atoms with Crippen LogP contribution < -0.4 is 0 Å². The first kappa shape index (κ1) is 26.8. The number of rotatable bonds is 5. The van der Waals surface area contributed by atoms with Gasteiger partial charge in [0.15, 0.2) is 25.2 Å². The normalized spacial score (nSPS) is 20.7. The summed E-state index contributed by atoms with van der Waals surface area (Å²) in [5, 5.41) is 8.99. The number of alkyl halides is 1. The molecule has 1 N–H and O–H groups in total. The van der Waals surface area contributed by atoms with Crippen molar-refractivity contribution >= 4 is 19.7 Å². The van der Waals surface area contributed by atoms with Crippen LogP contribution >= 0.6 is 0 Å². The van der Waals surface area contributed by atoms with Crippen molar-refractivity contribution in [2.45, 2.75) is 114 Å². The van der Waals surface area contributed by atoms with Crippen LogP contribution in [0.15, 0.2) is 0 Å². The third-order valence-electron chi connectivity index (χ3n) is 5.30. The summed E-state index contributed by atoms with van der Waals surface area (Å²) in [6, 6.07) is 0. The quantitative estimate of drug-likeness (QED) is 0.711. The first-order valence-corrected chi connectivity index (χ1v) is 13.1. The van der Waals surface area contributed by atoms with Crippen LogP contribution in [0.4, 0.5) is 4.39 Å². The molecule has 0 aliphatic heterocycles. The molecule has 0 saturated heterocycles. The van der Waals surface area contributed by atoms with Crippen LogP contribution in [0.3, 0.4) is 0 Å². The molecule has 2 aliphatic carbocycles. The smallest absolute Gasteiger partial charge is 0.198 e. The van der Waals surface area contributed by atoms with Crippen molar-refractivity contribution in [2.24, 2.45) is 5.92 Å². The van der Waals surface area contributed by atoms with Crippen LogP contribution in [0.5, 0.6) is 0 Å². The van der Waals surface area contributed by atoms with Gasteiger partial charge in [0.1, 0.15) is 0 Å². The van der Waals surface area contributed by atoms with Gasteiger partial charge in [-0.3, -0.25) is 0 Å². The Hall–Kier alpha value is -0.210. The number of hydrogen-bond acceptors (Lipinski definition) is 5. The molecule has 0 aromatic rings. The van der Waals surface area contributed by atoms with Gasteiger partial charge in [-0.1, -0.05) is 26.7 Å². The molecule has 8 heteroatoms. The van der Waals surface area contributed by atoms with Crippen LogP contribution in [-0.2, 0) is 19.7 Å². The predicted molar refractivity (Wildman–Crippen MR) is 110 cm³/mol. The minimum absolute atomic E-state index is 0.0116. The van der Waals surface area contributed by atoms with Crippen LogP contribution in [0.1, 0.15) is 87.0 Å². The zero-order chi connectivity index (χ0) is 21.6. The molecule has 1 atom stereocenters. The zero-order valence-corrected chi connectivity index (χ0v) is 19.5. The predicted octanol–water partition coefficient (Wildman–Crippen LogP) is 4.04. The topological polar surface area (TPSA) is 88.5 Å². The molecule has 1 unspecified atom stereocenters. The fourth-order valence-electron chi connectivity index (χ4n) is 2.72. The molecule has 2 saturated carbocycles. The van der Waals surface area contributed by atoms with E-state index in [9.17, 15) is 26.3 Å². The lowest BCUT2D eigenvalue weighted by Gasteiger charge is -2.26. The summed E-state index contributed by atoms with van der Waals surface area (Å²) in [6.07, 6.45) is 6.25. The Bertz CT molecular complexity index is 567. The van der Waals surface area contributed by atoms with Gasteiger partial charge in [-0.2, -0.15) is 0 Å². The maximum atomic E-state index is 12.1. The average molecular weight is 431 g/mol. The first-order valence-electron chi connectivity index (χ1n) is 9.91. The van der Waals surface area contributed by atoms with Gasteiger partial charge in [-0.05, 0) is 66.2 Å². The fourth-order valence-corrected chi connectivity index (χ4v) is 5.03. The van der Waals surface area contributed by atoms with Crippen molar-refractivity contribution in [3.05, 3.63) is 0 Å². The second-order valence-electron chi connectivity index (χ2n) is 8.48. The van der Waals surface area contributed by atoms with Gasteiger partial charge in [0.2, 0.25) is 0 Å².